The molecule has 4 atom stereocenters. The Kier molecular flexibility index (Phi) is 7.89. The lowest BCUT2D eigenvalue weighted by Gasteiger charge is -2.37. The number of allylic oxidation sites excluding steroid dienone is 20. The van der Waals surface area contributed by atoms with Crippen LogP contribution in [0.4, 0.5) is 0 Å². The lowest BCUT2D eigenvalue weighted by molar-refractivity contribution is 0.175. The topological polar surface area (TPSA) is 8.17 Å². The molecule has 52 heavy (non-hydrogen) atoms. The summed E-state index contributed by atoms with van der Waals surface area (Å²) in [5.74, 6) is 2.56. The summed E-state index contributed by atoms with van der Waals surface area (Å²) in [7, 11) is 0. The molecular weight excluding hydrogens is 629 g/mol. The van der Waals surface area contributed by atoms with Gasteiger partial charge < -0.3 is 9.47 Å². The summed E-state index contributed by atoms with van der Waals surface area (Å²) in [6.07, 6.45) is 45.7. The molecule has 8 aliphatic rings. The van der Waals surface area contributed by atoms with Gasteiger partial charge in [0.1, 0.15) is 0 Å². The first kappa shape index (κ1) is 32.4. The van der Waals surface area contributed by atoms with Gasteiger partial charge in [0.05, 0.1) is 10.9 Å². The van der Waals surface area contributed by atoms with Gasteiger partial charge >= 0.3 is 0 Å². The van der Waals surface area contributed by atoms with E-state index in [0.717, 1.165) is 56.8 Å². The Balaban J connectivity index is 1.12. The van der Waals surface area contributed by atoms with Crippen molar-refractivity contribution in [2.45, 2.75) is 97.8 Å². The molecule has 264 valence electrons. The molecule has 2 nitrogen and oxygen atoms in total. The van der Waals surface area contributed by atoms with Crippen LogP contribution in [0, 0.1) is 29.1 Å². The van der Waals surface area contributed by atoms with E-state index in [1.54, 1.807) is 11.1 Å². The number of hydrogen-bond acceptors (Lipinski definition) is 1. The molecule has 0 bridgehead atoms. The molecular formula is C50H54N2. The van der Waals surface area contributed by atoms with Crippen molar-refractivity contribution in [3.63, 3.8) is 0 Å². The van der Waals surface area contributed by atoms with Gasteiger partial charge in [-0.05, 0) is 135 Å². The maximum atomic E-state index is 2.79. The average Bonchev–Trinajstić information content (AvgIpc) is 3.64. The van der Waals surface area contributed by atoms with E-state index in [1.165, 1.54) is 87.5 Å². The molecule has 2 aromatic rings. The summed E-state index contributed by atoms with van der Waals surface area (Å²) in [6.45, 7) is 7.45. The molecule has 0 spiro atoms. The minimum atomic E-state index is 0.262. The fourth-order valence-electron chi connectivity index (χ4n) is 11.8. The first-order valence-electron chi connectivity index (χ1n) is 20.6. The normalized spacial score (nSPS) is 28.8. The van der Waals surface area contributed by atoms with Gasteiger partial charge in [-0.1, -0.05) is 111 Å². The number of fused-ring (bicyclic) bond motifs is 6. The second kappa shape index (κ2) is 12.7. The summed E-state index contributed by atoms with van der Waals surface area (Å²) in [5, 5.41) is 4.27. The molecule has 4 unspecified atom stereocenters. The Hall–Kier alpha value is -4.30. The largest absolute Gasteiger partial charge is 0.321 e. The summed E-state index contributed by atoms with van der Waals surface area (Å²) < 4.78 is 2.64. The van der Waals surface area contributed by atoms with Crippen LogP contribution in [0.1, 0.15) is 97.8 Å². The smallest absolute Gasteiger partial charge is 0.0538 e. The third-order valence-corrected chi connectivity index (χ3v) is 14.2. The van der Waals surface area contributed by atoms with Crippen LogP contribution in [0.5, 0.6) is 0 Å². The molecule has 0 saturated heterocycles. The monoisotopic (exact) mass is 682 g/mol. The van der Waals surface area contributed by atoms with Gasteiger partial charge in [0, 0.05) is 45.2 Å². The standard InChI is InChI=1S/C50H54N2/c1-33-24-25-34-14-7-8-17-39(34)48(33)35-26-28-37(29-27-35)52-45-21-12-10-19-42(45)49-46(22-13-23-47(49)52)51(36-15-5-4-6-16-36)38-30-31-41-40-18-9-11-20-43(40)50(2,3)44(41)32-38/h4-5,7-8,10,12,14-15,17,19,21,23-26,28,32,34,39-40,43H,6,9,11,13,16,18,20,22,27,29-31H2,1-3H3. The van der Waals surface area contributed by atoms with Crippen molar-refractivity contribution in [2.75, 3.05) is 0 Å². The van der Waals surface area contributed by atoms with E-state index in [-0.39, 0.29) is 5.41 Å². The Morgan fingerprint density at radius 2 is 1.69 bits per heavy atom. The van der Waals surface area contributed by atoms with E-state index < -0.39 is 0 Å². The molecule has 1 aromatic carbocycles. The van der Waals surface area contributed by atoms with E-state index in [2.05, 4.69) is 133 Å². The Morgan fingerprint density at radius 1 is 0.808 bits per heavy atom. The molecule has 1 heterocycles. The summed E-state index contributed by atoms with van der Waals surface area (Å²) in [5.41, 5.74) is 15.5. The Morgan fingerprint density at radius 3 is 2.56 bits per heavy atom. The van der Waals surface area contributed by atoms with Crippen LogP contribution in [0.15, 0.2) is 136 Å². The minimum Gasteiger partial charge on any atom is -0.321 e. The fourth-order valence-corrected chi connectivity index (χ4v) is 11.8. The maximum absolute atomic E-state index is 2.79. The van der Waals surface area contributed by atoms with Gasteiger partial charge in [0.15, 0.2) is 0 Å². The van der Waals surface area contributed by atoms with Crippen LogP contribution in [-0.4, -0.2) is 9.47 Å². The van der Waals surface area contributed by atoms with Crippen LogP contribution in [0.25, 0.3) is 28.4 Å². The second-order valence-electron chi connectivity index (χ2n) is 17.2. The highest BCUT2D eigenvalue weighted by Crippen LogP contribution is 2.59. The number of para-hydroxylation sites is 1. The number of aromatic nitrogens is 1. The average molecular weight is 683 g/mol. The third kappa shape index (κ3) is 5.03. The number of rotatable bonds is 5. The number of nitrogens with zero attached hydrogens (tertiary/aromatic N) is 2. The van der Waals surface area contributed by atoms with Crippen molar-refractivity contribution in [1.29, 1.82) is 0 Å². The molecule has 1 saturated carbocycles. The zero-order valence-electron chi connectivity index (χ0n) is 31.5. The van der Waals surface area contributed by atoms with E-state index in [4.69, 9.17) is 0 Å². The lowest BCUT2D eigenvalue weighted by atomic mass is 9.68. The van der Waals surface area contributed by atoms with Crippen molar-refractivity contribution in [1.82, 2.24) is 9.47 Å². The van der Waals surface area contributed by atoms with Gasteiger partial charge in [-0.3, -0.25) is 0 Å². The molecule has 1 fully saturated rings. The SMILES string of the molecule is CC1=C(C2=CC=C(n3c4c(c5ccccc53)=C(N(C3=CC=CCC3)C3=CC5=C(CC3)C3CCCCC3C5(C)C)CCC=4)CC2)C2C=CC=CC2C=C1. The highest BCUT2D eigenvalue weighted by molar-refractivity contribution is 5.87. The highest BCUT2D eigenvalue weighted by atomic mass is 15.2. The zero-order chi connectivity index (χ0) is 35.0. The summed E-state index contributed by atoms with van der Waals surface area (Å²) in [6, 6.07) is 9.27. The predicted molar refractivity (Wildman–Crippen MR) is 219 cm³/mol. The van der Waals surface area contributed by atoms with Crippen LogP contribution in [0.3, 0.4) is 0 Å². The highest BCUT2D eigenvalue weighted by Gasteiger charge is 2.48. The first-order chi connectivity index (χ1) is 25.5. The van der Waals surface area contributed by atoms with E-state index in [0.29, 0.717) is 11.8 Å². The molecule has 10 rings (SSSR count). The maximum Gasteiger partial charge on any atom is 0.0538 e. The molecule has 8 aliphatic carbocycles. The van der Waals surface area contributed by atoms with Crippen molar-refractivity contribution in [3.8, 4) is 0 Å². The van der Waals surface area contributed by atoms with Gasteiger partial charge in [-0.25, -0.2) is 0 Å². The molecule has 0 aliphatic heterocycles. The van der Waals surface area contributed by atoms with Crippen LogP contribution in [0.2, 0.25) is 0 Å². The van der Waals surface area contributed by atoms with E-state index in [9.17, 15) is 0 Å². The van der Waals surface area contributed by atoms with Gasteiger partial charge in [0.2, 0.25) is 0 Å². The lowest BCUT2D eigenvalue weighted by Crippen LogP contribution is -2.38. The number of hydrogen-bond donors (Lipinski definition) is 0. The van der Waals surface area contributed by atoms with Crippen molar-refractivity contribution >= 4 is 28.4 Å². The summed E-state index contributed by atoms with van der Waals surface area (Å²) in [4.78, 5) is 2.79. The fraction of sp³-hybridized carbons (Fsp3) is 0.400. The Labute approximate surface area is 310 Å². The van der Waals surface area contributed by atoms with Crippen LogP contribution < -0.4 is 10.6 Å². The van der Waals surface area contributed by atoms with Gasteiger partial charge in [0.25, 0.3) is 0 Å². The van der Waals surface area contributed by atoms with Crippen molar-refractivity contribution in [3.05, 3.63) is 147 Å². The van der Waals surface area contributed by atoms with Crippen LogP contribution >= 0.6 is 0 Å². The second-order valence-corrected chi connectivity index (χ2v) is 17.2. The predicted octanol–water partition coefficient (Wildman–Crippen LogP) is 11.5. The molecule has 2 heteroatoms. The molecule has 1 aromatic heterocycles. The zero-order valence-corrected chi connectivity index (χ0v) is 31.5. The Bertz CT molecular complexity index is 2310. The quantitative estimate of drug-likeness (QED) is 0.305. The van der Waals surface area contributed by atoms with Gasteiger partial charge in [-0.2, -0.15) is 0 Å². The van der Waals surface area contributed by atoms with Gasteiger partial charge in [-0.15, -0.1) is 0 Å². The molecule has 0 amide bonds. The molecule has 0 N–H and O–H groups in total. The first-order valence-corrected chi connectivity index (χ1v) is 20.6. The van der Waals surface area contributed by atoms with Crippen molar-refractivity contribution in [2.24, 2.45) is 29.1 Å². The third-order valence-electron chi connectivity index (χ3n) is 14.2. The minimum absolute atomic E-state index is 0.262. The number of benzene rings is 1. The molecule has 0 radical (unpaired) electrons. The van der Waals surface area contributed by atoms with Crippen LogP contribution in [-0.2, 0) is 0 Å². The van der Waals surface area contributed by atoms with E-state index >= 15 is 0 Å². The summed E-state index contributed by atoms with van der Waals surface area (Å²) >= 11 is 0. The van der Waals surface area contributed by atoms with E-state index in [1.807, 2.05) is 5.57 Å². The van der Waals surface area contributed by atoms with Crippen molar-refractivity contribution < 1.29 is 0 Å².